The molecule has 24 atom stereocenters. The highest BCUT2D eigenvalue weighted by atomic mass is 28.4. The van der Waals surface area contributed by atoms with Crippen molar-refractivity contribution in [2.24, 2.45) is 85.8 Å². The number of allylic oxidation sites excluding steroid dienone is 2. The molecule has 446 valence electrons. The van der Waals surface area contributed by atoms with Crippen LogP contribution < -0.4 is 5.32 Å². The highest BCUT2D eigenvalue weighted by Crippen LogP contribution is 2.76. The van der Waals surface area contributed by atoms with Crippen molar-refractivity contribution in [3.05, 3.63) is 11.6 Å². The molecule has 0 radical (unpaired) electrons. The molecule has 0 aromatic rings. The molecule has 0 bridgehead atoms. The third kappa shape index (κ3) is 10.3. The Bertz CT molecular complexity index is 2150. The number of hydrogen-bond acceptors (Lipinski definition) is 12. The molecule has 1 amide bonds. The number of amides is 1. The summed E-state index contributed by atoms with van der Waals surface area (Å²) >= 11 is 0. The molecule has 4 saturated carbocycles. The number of ketones is 1. The van der Waals surface area contributed by atoms with E-state index in [2.05, 4.69) is 115 Å². The van der Waals surface area contributed by atoms with Crippen LogP contribution in [0.1, 0.15) is 182 Å². The summed E-state index contributed by atoms with van der Waals surface area (Å²) in [5.74, 6) is 0.814. The summed E-state index contributed by atoms with van der Waals surface area (Å²) in [7, 11) is -0.397. The van der Waals surface area contributed by atoms with Crippen molar-refractivity contribution < 1.29 is 57.1 Å². The summed E-state index contributed by atoms with van der Waals surface area (Å²) in [5.41, 5.74) is -0.827. The van der Waals surface area contributed by atoms with Gasteiger partial charge in [0.25, 0.3) is 0 Å². The van der Waals surface area contributed by atoms with Crippen molar-refractivity contribution in [2.75, 3.05) is 26.9 Å². The monoisotopic (exact) mass is 1110 g/mol. The maximum absolute atomic E-state index is 14.6. The molecular formula is C64H109NO12Si. The number of fused-ring (bicyclic) bond motifs is 7. The van der Waals surface area contributed by atoms with Gasteiger partial charge in [-0.15, -0.1) is 0 Å². The lowest BCUT2D eigenvalue weighted by Gasteiger charge is -2.72. The summed E-state index contributed by atoms with van der Waals surface area (Å²) < 4.78 is 57.0. The van der Waals surface area contributed by atoms with Gasteiger partial charge in [0.15, 0.2) is 33.0 Å². The number of Topliss-reactive ketones (excluding diaryl/α,β-unsaturated/α-hetero) is 1. The molecule has 5 aliphatic carbocycles. The van der Waals surface area contributed by atoms with Crippen LogP contribution in [0.4, 0.5) is 0 Å². The average molecular weight is 1110 g/mol. The standard InChI is InChI=1S/C64H109NO12Si/c1-19-46-39(7)40(8)53(77-78(20-2,21-3)22-4)56(72-46)76-54-52(75-55-41(9)38(6)37(5)35-71-55)42(10)51(43(11)68)74-57(54)73-49-26-27-60(14)47(61(49,15)36-67)25-28-62(16)48(60)24-23-44-45-33-59(12,13)29-30-64(45,58(69)65-31-32-66)50(70-18)34-63(44,62)17/h23,36-42,45-57,66H,19-22,24-35H2,1-18H3,(H,65,69)/t37-,38-,39-,40+,41?,42-,45?,46?,47-,48?,49+,50+,51?,52+,53?,54?,55+,56+,57-,60?,61-,62?,63-,64-/m1/s1. The van der Waals surface area contributed by atoms with Gasteiger partial charge in [-0.3, -0.25) is 9.59 Å². The third-order valence-corrected chi connectivity index (χ3v) is 29.4. The first-order valence-electron chi connectivity index (χ1n) is 31.4. The van der Waals surface area contributed by atoms with E-state index in [9.17, 15) is 19.5 Å². The van der Waals surface area contributed by atoms with Gasteiger partial charge in [0.2, 0.25) is 5.91 Å². The fourth-order valence-corrected chi connectivity index (χ4v) is 21.5. The van der Waals surface area contributed by atoms with Crippen molar-refractivity contribution in [3.8, 4) is 0 Å². The Kier molecular flexibility index (Phi) is 18.8. The molecule has 0 aromatic heterocycles. The number of nitrogens with one attached hydrogen (secondary N) is 1. The number of methoxy groups -OCH3 is 1. The lowest BCUT2D eigenvalue weighted by Crippen LogP contribution is -2.69. The maximum atomic E-state index is 14.6. The number of carbonyl (C=O) groups excluding carboxylic acids is 3. The molecule has 3 heterocycles. The van der Waals surface area contributed by atoms with Crippen molar-refractivity contribution in [2.45, 2.75) is 262 Å². The quantitative estimate of drug-likeness (QED) is 0.0580. The Balaban J connectivity index is 1.16. The fraction of sp³-hybridized carbons (Fsp3) is 0.922. The molecule has 8 aliphatic rings. The minimum Gasteiger partial charge on any atom is -0.408 e. The predicted octanol–water partition coefficient (Wildman–Crippen LogP) is 11.9. The summed E-state index contributed by atoms with van der Waals surface area (Å²) in [6, 6.07) is 2.95. The predicted molar refractivity (Wildman–Crippen MR) is 305 cm³/mol. The van der Waals surface area contributed by atoms with E-state index < -0.39 is 68.4 Å². The van der Waals surface area contributed by atoms with E-state index in [-0.39, 0.29) is 100 Å². The average Bonchev–Trinajstić information content (AvgIpc) is 1.96. The first-order chi connectivity index (χ1) is 36.7. The first-order valence-corrected chi connectivity index (χ1v) is 33.9. The van der Waals surface area contributed by atoms with Crippen molar-refractivity contribution in [3.63, 3.8) is 0 Å². The maximum Gasteiger partial charge on any atom is 0.229 e. The molecule has 8 rings (SSSR count). The number of ether oxygens (including phenoxy) is 7. The van der Waals surface area contributed by atoms with Crippen LogP contribution in [0.15, 0.2) is 11.6 Å². The number of aliphatic hydroxyl groups excluding tert-OH is 1. The van der Waals surface area contributed by atoms with Crippen LogP contribution in [0.3, 0.4) is 0 Å². The third-order valence-electron chi connectivity index (χ3n) is 24.7. The topological polar surface area (TPSA) is 157 Å². The Morgan fingerprint density at radius 3 is 2.04 bits per heavy atom. The van der Waals surface area contributed by atoms with Crippen molar-refractivity contribution in [1.82, 2.24) is 5.32 Å². The van der Waals surface area contributed by atoms with Gasteiger partial charge in [0, 0.05) is 25.5 Å². The molecule has 3 aliphatic heterocycles. The minimum atomic E-state index is -2.19. The van der Waals surface area contributed by atoms with E-state index >= 15 is 0 Å². The molecule has 0 aromatic carbocycles. The van der Waals surface area contributed by atoms with Gasteiger partial charge in [-0.1, -0.05) is 122 Å². The largest absolute Gasteiger partial charge is 0.408 e. The Hall–Kier alpha value is -1.59. The molecule has 14 heteroatoms. The zero-order valence-corrected chi connectivity index (χ0v) is 52.9. The van der Waals surface area contributed by atoms with Gasteiger partial charge in [0.1, 0.15) is 18.5 Å². The zero-order chi connectivity index (χ0) is 57.3. The van der Waals surface area contributed by atoms with Gasteiger partial charge in [-0.25, -0.2) is 0 Å². The molecule has 7 fully saturated rings. The van der Waals surface area contributed by atoms with Crippen molar-refractivity contribution >= 4 is 26.3 Å². The number of aliphatic hydroxyl groups is 1. The smallest absolute Gasteiger partial charge is 0.229 e. The number of rotatable bonds is 18. The second-order valence-electron chi connectivity index (χ2n) is 28.8. The number of hydrogen-bond donors (Lipinski definition) is 2. The van der Waals surface area contributed by atoms with E-state index in [1.807, 2.05) is 6.92 Å². The number of aldehydes is 1. The molecule has 78 heavy (non-hydrogen) atoms. The molecule has 3 saturated heterocycles. The molecule has 2 N–H and O–H groups in total. The second-order valence-corrected chi connectivity index (χ2v) is 33.5. The van der Waals surface area contributed by atoms with Gasteiger partial charge in [-0.2, -0.15) is 0 Å². The van der Waals surface area contributed by atoms with Crippen LogP contribution in [-0.2, 0) is 52.0 Å². The minimum absolute atomic E-state index is 0.00561. The van der Waals surface area contributed by atoms with Crippen LogP contribution in [0.25, 0.3) is 0 Å². The fourth-order valence-electron chi connectivity index (χ4n) is 18.6. The molecular weight excluding hydrogens is 1000 g/mol. The zero-order valence-electron chi connectivity index (χ0n) is 51.9. The van der Waals surface area contributed by atoms with E-state index in [0.717, 1.165) is 75.9 Å². The Labute approximate surface area is 472 Å². The SMILES string of the molecule is CCC1O[C@@H](OC2[C@H](O[C@H]3CCC4(C)C5CC=C6C7CC(C)(C)CC[C@]7(C(=O)NCCO)[C@@H](OC)C[C@@]6(C)C5(C)CC[C@H]4[C@@]3(C)C=O)OC(C(C)=O)[C@@H](C)[C@@H]2O[C@@H]2OC[C@@H](C)[C@@H](C)C2C)C(O[Si](CC)(CC)CC)[C@@H](C)[C@H]1C. The Morgan fingerprint density at radius 2 is 1.42 bits per heavy atom. The van der Waals surface area contributed by atoms with Crippen LogP contribution in [-0.4, -0.2) is 120 Å². The second kappa shape index (κ2) is 23.5. The van der Waals surface area contributed by atoms with Gasteiger partial charge in [0.05, 0.1) is 54.6 Å². The Morgan fingerprint density at radius 1 is 0.756 bits per heavy atom. The molecule has 0 spiro atoms. The highest BCUT2D eigenvalue weighted by molar-refractivity contribution is 6.73. The van der Waals surface area contributed by atoms with E-state index in [0.29, 0.717) is 24.9 Å². The van der Waals surface area contributed by atoms with E-state index in [4.69, 9.17) is 37.6 Å². The van der Waals surface area contributed by atoms with Crippen LogP contribution in [0, 0.1) is 85.8 Å². The summed E-state index contributed by atoms with van der Waals surface area (Å²) in [5, 5.41) is 13.0. The van der Waals surface area contributed by atoms with Gasteiger partial charge >= 0.3 is 0 Å². The summed E-state index contributed by atoms with van der Waals surface area (Å²) in [6.45, 7) is 38.7. The van der Waals surface area contributed by atoms with Crippen LogP contribution >= 0.6 is 0 Å². The summed E-state index contributed by atoms with van der Waals surface area (Å²) in [6.07, 6.45) is 5.84. The van der Waals surface area contributed by atoms with Crippen LogP contribution in [0.2, 0.25) is 18.1 Å². The van der Waals surface area contributed by atoms with Crippen LogP contribution in [0.5, 0.6) is 0 Å². The lowest BCUT2D eigenvalue weighted by atomic mass is 9.33. The van der Waals surface area contributed by atoms with Crippen molar-refractivity contribution in [1.29, 1.82) is 0 Å². The number of carbonyl (C=O) groups is 3. The van der Waals surface area contributed by atoms with Gasteiger partial charge < -0.3 is 52.8 Å². The van der Waals surface area contributed by atoms with E-state index in [1.54, 1.807) is 14.0 Å². The molecule has 13 nitrogen and oxygen atoms in total. The summed E-state index contributed by atoms with van der Waals surface area (Å²) in [4.78, 5) is 42.9. The lowest BCUT2D eigenvalue weighted by molar-refractivity contribution is -0.376. The highest BCUT2D eigenvalue weighted by Gasteiger charge is 2.72. The van der Waals surface area contributed by atoms with Gasteiger partial charge in [-0.05, 0) is 152 Å². The first kappa shape index (κ1) is 62.5. The normalized spacial score (nSPS) is 48.3. The molecule has 9 unspecified atom stereocenters. The van der Waals surface area contributed by atoms with E-state index in [1.165, 1.54) is 11.9 Å².